The lowest BCUT2D eigenvalue weighted by Crippen LogP contribution is -2.22. The van der Waals surface area contributed by atoms with Gasteiger partial charge in [0.05, 0.1) is 17.1 Å². The van der Waals surface area contributed by atoms with Gasteiger partial charge in [0.1, 0.15) is 0 Å². The standard InChI is InChI=1S/C15H16N4S/c1-2-7-17-15(14-10-18-19-20-14)13-9-16-8-11-5-3-4-6-12(11)13/h3-6,8-10,15,17H,2,7H2,1H3. The Labute approximate surface area is 122 Å². The fraction of sp³-hybridized carbons (Fsp3) is 0.267. The number of hydrogen-bond donors (Lipinski definition) is 1. The van der Waals surface area contributed by atoms with Gasteiger partial charge in [-0.25, -0.2) is 0 Å². The molecule has 1 unspecified atom stereocenters. The Kier molecular flexibility index (Phi) is 3.99. The van der Waals surface area contributed by atoms with Gasteiger partial charge in [0.25, 0.3) is 0 Å². The molecular formula is C15H16N4S. The average Bonchev–Trinajstić information content (AvgIpc) is 3.02. The number of pyridine rings is 1. The summed E-state index contributed by atoms with van der Waals surface area (Å²) in [5.74, 6) is 0. The van der Waals surface area contributed by atoms with Gasteiger partial charge in [0.2, 0.25) is 0 Å². The van der Waals surface area contributed by atoms with Gasteiger partial charge in [-0.15, -0.1) is 5.10 Å². The van der Waals surface area contributed by atoms with Crippen molar-refractivity contribution in [2.75, 3.05) is 6.54 Å². The molecule has 1 aromatic carbocycles. The minimum Gasteiger partial charge on any atom is -0.305 e. The van der Waals surface area contributed by atoms with Crippen LogP contribution in [0.5, 0.6) is 0 Å². The van der Waals surface area contributed by atoms with Crippen LogP contribution in [0.1, 0.15) is 29.8 Å². The SMILES string of the molecule is CCCNC(c1cnns1)c1cncc2ccccc12. The molecule has 20 heavy (non-hydrogen) atoms. The summed E-state index contributed by atoms with van der Waals surface area (Å²) in [6.45, 7) is 3.11. The van der Waals surface area contributed by atoms with E-state index in [0.717, 1.165) is 23.2 Å². The summed E-state index contributed by atoms with van der Waals surface area (Å²) < 4.78 is 3.99. The van der Waals surface area contributed by atoms with Crippen LogP contribution in [0.25, 0.3) is 10.8 Å². The fourth-order valence-corrected chi connectivity index (χ4v) is 2.92. The molecule has 102 valence electrons. The van der Waals surface area contributed by atoms with Gasteiger partial charge in [-0.3, -0.25) is 4.98 Å². The van der Waals surface area contributed by atoms with Gasteiger partial charge in [-0.1, -0.05) is 35.7 Å². The highest BCUT2D eigenvalue weighted by Gasteiger charge is 2.18. The van der Waals surface area contributed by atoms with Crippen molar-refractivity contribution in [1.29, 1.82) is 0 Å². The molecule has 0 radical (unpaired) electrons. The molecule has 2 heterocycles. The van der Waals surface area contributed by atoms with Crippen molar-refractivity contribution >= 4 is 22.3 Å². The van der Waals surface area contributed by atoms with Crippen molar-refractivity contribution in [1.82, 2.24) is 19.9 Å². The molecule has 5 heteroatoms. The maximum atomic E-state index is 4.38. The monoisotopic (exact) mass is 284 g/mol. The molecule has 2 aromatic heterocycles. The smallest absolute Gasteiger partial charge is 0.0724 e. The maximum Gasteiger partial charge on any atom is 0.0724 e. The zero-order valence-electron chi connectivity index (χ0n) is 11.3. The minimum atomic E-state index is 0.105. The number of nitrogens with one attached hydrogen (secondary N) is 1. The van der Waals surface area contributed by atoms with Gasteiger partial charge >= 0.3 is 0 Å². The lowest BCUT2D eigenvalue weighted by atomic mass is 10.0. The van der Waals surface area contributed by atoms with E-state index >= 15 is 0 Å². The summed E-state index contributed by atoms with van der Waals surface area (Å²) >= 11 is 1.43. The highest BCUT2D eigenvalue weighted by atomic mass is 32.1. The van der Waals surface area contributed by atoms with E-state index in [0.29, 0.717) is 0 Å². The first-order valence-electron chi connectivity index (χ1n) is 6.73. The largest absolute Gasteiger partial charge is 0.305 e. The number of aromatic nitrogens is 3. The highest BCUT2D eigenvalue weighted by molar-refractivity contribution is 7.05. The molecule has 1 atom stereocenters. The molecule has 3 rings (SSSR count). The van der Waals surface area contributed by atoms with Crippen LogP contribution in [0.15, 0.2) is 42.9 Å². The molecular weight excluding hydrogens is 268 g/mol. The summed E-state index contributed by atoms with van der Waals surface area (Å²) in [6.07, 6.45) is 6.76. The van der Waals surface area contributed by atoms with Gasteiger partial charge in [0, 0.05) is 23.3 Å². The zero-order valence-corrected chi connectivity index (χ0v) is 12.1. The van der Waals surface area contributed by atoms with Crippen molar-refractivity contribution < 1.29 is 0 Å². The van der Waals surface area contributed by atoms with Crippen LogP contribution < -0.4 is 5.32 Å². The van der Waals surface area contributed by atoms with Crippen molar-refractivity contribution in [3.05, 3.63) is 53.3 Å². The summed E-state index contributed by atoms with van der Waals surface area (Å²) in [7, 11) is 0. The number of benzene rings is 1. The Morgan fingerprint density at radius 1 is 1.20 bits per heavy atom. The minimum absolute atomic E-state index is 0.105. The molecule has 3 aromatic rings. The van der Waals surface area contributed by atoms with Crippen molar-refractivity contribution in [2.45, 2.75) is 19.4 Å². The summed E-state index contributed by atoms with van der Waals surface area (Å²) in [5, 5.41) is 9.92. The highest BCUT2D eigenvalue weighted by Crippen LogP contribution is 2.29. The van der Waals surface area contributed by atoms with Crippen LogP contribution >= 0.6 is 11.5 Å². The predicted molar refractivity (Wildman–Crippen MR) is 81.8 cm³/mol. The average molecular weight is 284 g/mol. The fourth-order valence-electron chi connectivity index (χ4n) is 2.32. The van der Waals surface area contributed by atoms with E-state index in [4.69, 9.17) is 0 Å². The van der Waals surface area contributed by atoms with Crippen LogP contribution in [0, 0.1) is 0 Å². The number of rotatable bonds is 5. The Morgan fingerprint density at radius 3 is 2.90 bits per heavy atom. The van der Waals surface area contributed by atoms with Crippen LogP contribution in [-0.4, -0.2) is 21.1 Å². The van der Waals surface area contributed by atoms with Gasteiger partial charge in [0.15, 0.2) is 0 Å². The second-order valence-electron chi connectivity index (χ2n) is 4.66. The molecule has 0 aliphatic carbocycles. The molecule has 1 N–H and O–H groups in total. The molecule has 0 fully saturated rings. The van der Waals surface area contributed by atoms with Crippen molar-refractivity contribution in [3.8, 4) is 0 Å². The van der Waals surface area contributed by atoms with Crippen LogP contribution in [0.2, 0.25) is 0 Å². The summed E-state index contributed by atoms with van der Waals surface area (Å²) in [5.41, 5.74) is 1.18. The van der Waals surface area contributed by atoms with Crippen LogP contribution in [-0.2, 0) is 0 Å². The number of fused-ring (bicyclic) bond motifs is 1. The van der Waals surface area contributed by atoms with E-state index in [9.17, 15) is 0 Å². The van der Waals surface area contributed by atoms with Crippen molar-refractivity contribution in [2.24, 2.45) is 0 Å². The summed E-state index contributed by atoms with van der Waals surface area (Å²) in [4.78, 5) is 5.50. The number of nitrogens with zero attached hydrogens (tertiary/aromatic N) is 3. The third-order valence-electron chi connectivity index (χ3n) is 3.27. The third-order valence-corrected chi connectivity index (χ3v) is 4.00. The summed E-state index contributed by atoms with van der Waals surface area (Å²) in [6, 6.07) is 8.44. The molecule has 0 aliphatic rings. The second kappa shape index (κ2) is 6.07. The molecule has 0 aliphatic heterocycles. The number of hydrogen-bond acceptors (Lipinski definition) is 5. The molecule has 0 spiro atoms. The molecule has 0 bridgehead atoms. The van der Waals surface area contributed by atoms with Crippen LogP contribution in [0.3, 0.4) is 0 Å². The van der Waals surface area contributed by atoms with Gasteiger partial charge < -0.3 is 5.32 Å². The molecule has 0 saturated carbocycles. The Bertz CT molecular complexity index is 676. The van der Waals surface area contributed by atoms with Gasteiger partial charge in [-0.2, -0.15) is 0 Å². The van der Waals surface area contributed by atoms with Gasteiger partial charge in [-0.05, 0) is 29.9 Å². The first-order chi connectivity index (χ1) is 9.90. The van der Waals surface area contributed by atoms with E-state index in [1.165, 1.54) is 22.5 Å². The van der Waals surface area contributed by atoms with E-state index in [2.05, 4.69) is 45.0 Å². The van der Waals surface area contributed by atoms with E-state index in [1.807, 2.05) is 24.7 Å². The topological polar surface area (TPSA) is 50.7 Å². The molecule has 0 saturated heterocycles. The predicted octanol–water partition coefficient (Wildman–Crippen LogP) is 3.18. The van der Waals surface area contributed by atoms with E-state index in [-0.39, 0.29) is 6.04 Å². The Morgan fingerprint density at radius 2 is 2.10 bits per heavy atom. The molecule has 4 nitrogen and oxygen atoms in total. The lowest BCUT2D eigenvalue weighted by Gasteiger charge is -2.18. The lowest BCUT2D eigenvalue weighted by molar-refractivity contribution is 0.607. The quantitative estimate of drug-likeness (QED) is 0.782. The third kappa shape index (κ3) is 2.55. The Hall–Kier alpha value is -1.85. The van der Waals surface area contributed by atoms with E-state index in [1.54, 1.807) is 0 Å². The first-order valence-corrected chi connectivity index (χ1v) is 7.50. The first kappa shape index (κ1) is 13.1. The van der Waals surface area contributed by atoms with E-state index < -0.39 is 0 Å². The maximum absolute atomic E-state index is 4.38. The van der Waals surface area contributed by atoms with Crippen molar-refractivity contribution in [3.63, 3.8) is 0 Å². The van der Waals surface area contributed by atoms with Crippen LogP contribution in [0.4, 0.5) is 0 Å². The normalized spacial score (nSPS) is 12.7. The Balaban J connectivity index is 2.09. The molecule has 0 amide bonds. The zero-order chi connectivity index (χ0) is 13.8. The second-order valence-corrected chi connectivity index (χ2v) is 5.47.